The molecule has 0 spiro atoms. The van der Waals surface area contributed by atoms with Gasteiger partial charge in [-0.3, -0.25) is 4.90 Å². The van der Waals surface area contributed by atoms with E-state index in [0.29, 0.717) is 18.0 Å². The van der Waals surface area contributed by atoms with Crippen molar-refractivity contribution < 1.29 is 5.11 Å². The molecule has 1 aromatic heterocycles. The Morgan fingerprint density at radius 2 is 2.10 bits per heavy atom. The van der Waals surface area contributed by atoms with Crippen molar-refractivity contribution in [2.45, 2.75) is 63.6 Å². The molecule has 1 aromatic rings. The van der Waals surface area contributed by atoms with Gasteiger partial charge in [-0.05, 0) is 39.2 Å². The Balaban J connectivity index is 1.57. The molecule has 2 saturated heterocycles. The third-order valence-corrected chi connectivity index (χ3v) is 6.35. The fourth-order valence-corrected chi connectivity index (χ4v) is 5.00. The number of nitrogens with zero attached hydrogens (tertiary/aromatic N) is 3. The maximum Gasteiger partial charge on any atom is 0.186 e. The first-order valence-corrected chi connectivity index (χ1v) is 9.19. The number of rotatable bonds is 3. The van der Waals surface area contributed by atoms with E-state index in [0.717, 1.165) is 23.1 Å². The SMILES string of the molecule is CC1CN2CCCCC2CN1c1nc(C2CC2)c(CO)s1. The standard InChI is InChI=1S/C16H25N3OS/c1-11-8-18-7-3-2-4-13(18)9-19(11)16-17-15(12-5-6-12)14(10-20)21-16/h11-13,20H,2-10H2,1H3. The Morgan fingerprint density at radius 1 is 1.24 bits per heavy atom. The van der Waals surface area contributed by atoms with Gasteiger partial charge in [0.15, 0.2) is 5.13 Å². The molecule has 0 aromatic carbocycles. The second-order valence-electron chi connectivity index (χ2n) is 6.88. The van der Waals surface area contributed by atoms with Crippen LogP contribution in [0.5, 0.6) is 0 Å². The minimum absolute atomic E-state index is 0.154. The number of piperazine rings is 1. The highest BCUT2D eigenvalue weighted by molar-refractivity contribution is 7.15. The Hall–Kier alpha value is -0.650. The number of fused-ring (bicyclic) bond motifs is 1. The van der Waals surface area contributed by atoms with Gasteiger partial charge in [-0.25, -0.2) is 4.98 Å². The van der Waals surface area contributed by atoms with Crippen LogP contribution in [-0.2, 0) is 6.61 Å². The van der Waals surface area contributed by atoms with E-state index in [9.17, 15) is 5.11 Å². The molecule has 0 bridgehead atoms. The molecule has 5 heteroatoms. The van der Waals surface area contributed by atoms with Crippen LogP contribution in [0.4, 0.5) is 5.13 Å². The lowest BCUT2D eigenvalue weighted by Gasteiger charge is -2.47. The quantitative estimate of drug-likeness (QED) is 0.932. The number of aliphatic hydroxyl groups is 1. The maximum absolute atomic E-state index is 9.60. The van der Waals surface area contributed by atoms with E-state index in [2.05, 4.69) is 16.7 Å². The Bertz CT molecular complexity index is 514. The highest BCUT2D eigenvalue weighted by Crippen LogP contribution is 2.44. The van der Waals surface area contributed by atoms with E-state index >= 15 is 0 Å². The Labute approximate surface area is 130 Å². The molecule has 2 aliphatic heterocycles. The summed E-state index contributed by atoms with van der Waals surface area (Å²) in [6, 6.07) is 1.24. The Morgan fingerprint density at radius 3 is 2.86 bits per heavy atom. The lowest BCUT2D eigenvalue weighted by atomic mass is 9.97. The van der Waals surface area contributed by atoms with Gasteiger partial charge in [0, 0.05) is 31.1 Å². The van der Waals surface area contributed by atoms with Gasteiger partial charge in [0.1, 0.15) is 0 Å². The van der Waals surface area contributed by atoms with Crippen molar-refractivity contribution in [1.82, 2.24) is 9.88 Å². The lowest BCUT2D eigenvalue weighted by molar-refractivity contribution is 0.115. The molecule has 0 amide bonds. The summed E-state index contributed by atoms with van der Waals surface area (Å²) in [5, 5.41) is 10.8. The second-order valence-corrected chi connectivity index (χ2v) is 7.95. The van der Waals surface area contributed by atoms with Crippen LogP contribution in [0.1, 0.15) is 55.5 Å². The average Bonchev–Trinajstić information content (AvgIpc) is 3.26. The van der Waals surface area contributed by atoms with Gasteiger partial charge in [-0.1, -0.05) is 17.8 Å². The van der Waals surface area contributed by atoms with Crippen molar-refractivity contribution in [2.75, 3.05) is 24.5 Å². The summed E-state index contributed by atoms with van der Waals surface area (Å²) in [6.45, 7) is 6.03. The molecule has 2 atom stereocenters. The normalized spacial score (nSPS) is 30.5. The van der Waals surface area contributed by atoms with Gasteiger partial charge >= 0.3 is 0 Å². The van der Waals surface area contributed by atoms with Crippen LogP contribution in [0.15, 0.2) is 0 Å². The molecule has 1 aliphatic carbocycles. The molecule has 3 aliphatic rings. The fraction of sp³-hybridized carbons (Fsp3) is 0.812. The molecule has 0 radical (unpaired) electrons. The molecule has 3 fully saturated rings. The number of piperidine rings is 1. The van der Waals surface area contributed by atoms with Crippen LogP contribution in [0.2, 0.25) is 0 Å². The van der Waals surface area contributed by atoms with Crippen LogP contribution in [-0.4, -0.2) is 46.7 Å². The third kappa shape index (κ3) is 2.60. The van der Waals surface area contributed by atoms with Crippen molar-refractivity contribution in [2.24, 2.45) is 0 Å². The van der Waals surface area contributed by atoms with Crippen molar-refractivity contribution >= 4 is 16.5 Å². The van der Waals surface area contributed by atoms with Gasteiger partial charge in [-0.2, -0.15) is 0 Å². The first-order chi connectivity index (χ1) is 10.3. The van der Waals surface area contributed by atoms with E-state index in [4.69, 9.17) is 4.98 Å². The predicted octanol–water partition coefficient (Wildman–Crippen LogP) is 2.58. The van der Waals surface area contributed by atoms with E-state index in [1.165, 1.54) is 44.3 Å². The molecular formula is C16H25N3OS. The predicted molar refractivity (Wildman–Crippen MR) is 86.0 cm³/mol. The molecule has 4 nitrogen and oxygen atoms in total. The summed E-state index contributed by atoms with van der Waals surface area (Å²) in [4.78, 5) is 11.2. The first kappa shape index (κ1) is 14.0. The van der Waals surface area contributed by atoms with Crippen LogP contribution < -0.4 is 4.90 Å². The molecular weight excluding hydrogens is 282 g/mol. The van der Waals surface area contributed by atoms with Crippen LogP contribution in [0, 0.1) is 0 Å². The summed E-state index contributed by atoms with van der Waals surface area (Å²) >= 11 is 1.72. The highest BCUT2D eigenvalue weighted by Gasteiger charge is 2.36. The average molecular weight is 307 g/mol. The molecule has 4 rings (SSSR count). The van der Waals surface area contributed by atoms with Gasteiger partial charge < -0.3 is 10.0 Å². The van der Waals surface area contributed by atoms with Crippen LogP contribution >= 0.6 is 11.3 Å². The molecule has 116 valence electrons. The summed E-state index contributed by atoms with van der Waals surface area (Å²) in [5.41, 5.74) is 1.19. The molecule has 2 unspecified atom stereocenters. The van der Waals surface area contributed by atoms with Crippen molar-refractivity contribution in [1.29, 1.82) is 0 Å². The van der Waals surface area contributed by atoms with Crippen molar-refractivity contribution in [3.63, 3.8) is 0 Å². The number of anilines is 1. The summed E-state index contributed by atoms with van der Waals surface area (Å²) in [7, 11) is 0. The number of hydrogen-bond donors (Lipinski definition) is 1. The fourth-order valence-electron chi connectivity index (χ4n) is 3.88. The van der Waals surface area contributed by atoms with E-state index in [1.54, 1.807) is 11.3 Å². The summed E-state index contributed by atoms with van der Waals surface area (Å²) in [5.74, 6) is 0.628. The highest BCUT2D eigenvalue weighted by atomic mass is 32.1. The van der Waals surface area contributed by atoms with E-state index < -0.39 is 0 Å². The molecule has 1 saturated carbocycles. The number of hydrogen-bond acceptors (Lipinski definition) is 5. The largest absolute Gasteiger partial charge is 0.391 e. The van der Waals surface area contributed by atoms with Crippen LogP contribution in [0.25, 0.3) is 0 Å². The minimum atomic E-state index is 0.154. The zero-order valence-electron chi connectivity index (χ0n) is 12.8. The molecule has 21 heavy (non-hydrogen) atoms. The van der Waals surface area contributed by atoms with Gasteiger partial charge in [0.2, 0.25) is 0 Å². The number of thiazole rings is 1. The first-order valence-electron chi connectivity index (χ1n) is 8.37. The monoisotopic (exact) mass is 307 g/mol. The number of aromatic nitrogens is 1. The van der Waals surface area contributed by atoms with Crippen molar-refractivity contribution in [3.05, 3.63) is 10.6 Å². The molecule has 1 N–H and O–H groups in total. The van der Waals surface area contributed by atoms with E-state index in [1.807, 2.05) is 0 Å². The topological polar surface area (TPSA) is 39.6 Å². The maximum atomic E-state index is 9.60. The number of aliphatic hydroxyl groups excluding tert-OH is 1. The Kier molecular flexibility index (Phi) is 3.67. The molecule has 3 heterocycles. The summed E-state index contributed by atoms with van der Waals surface area (Å²) in [6.07, 6.45) is 6.57. The third-order valence-electron chi connectivity index (χ3n) is 5.26. The summed E-state index contributed by atoms with van der Waals surface area (Å²) < 4.78 is 0. The zero-order valence-corrected chi connectivity index (χ0v) is 13.6. The van der Waals surface area contributed by atoms with E-state index in [-0.39, 0.29) is 6.61 Å². The van der Waals surface area contributed by atoms with Crippen LogP contribution in [0.3, 0.4) is 0 Å². The van der Waals surface area contributed by atoms with Gasteiger partial charge in [0.25, 0.3) is 0 Å². The second kappa shape index (κ2) is 5.52. The smallest absolute Gasteiger partial charge is 0.186 e. The zero-order chi connectivity index (χ0) is 14.4. The van der Waals surface area contributed by atoms with Crippen molar-refractivity contribution in [3.8, 4) is 0 Å². The van der Waals surface area contributed by atoms with Gasteiger partial charge in [-0.15, -0.1) is 0 Å². The minimum Gasteiger partial charge on any atom is -0.391 e. The van der Waals surface area contributed by atoms with Gasteiger partial charge in [0.05, 0.1) is 17.2 Å². The lowest BCUT2D eigenvalue weighted by Crippen LogP contribution is -2.58.